The lowest BCUT2D eigenvalue weighted by Crippen LogP contribution is -2.42. The molecule has 86 valence electrons. The molecule has 0 saturated carbocycles. The Morgan fingerprint density at radius 3 is 2.75 bits per heavy atom. The van der Waals surface area contributed by atoms with Gasteiger partial charge < -0.3 is 9.64 Å². The van der Waals surface area contributed by atoms with E-state index in [9.17, 15) is 4.79 Å². The fourth-order valence-electron chi connectivity index (χ4n) is 1.90. The van der Waals surface area contributed by atoms with Crippen molar-refractivity contribution in [2.75, 3.05) is 19.7 Å². The molecule has 0 N–H and O–H groups in total. The van der Waals surface area contributed by atoms with Crippen LogP contribution in [0.3, 0.4) is 0 Å². The zero-order chi connectivity index (χ0) is 11.1. The molecular formula is C10H12BrN3O2. The Hall–Kier alpha value is -1.04. The normalized spacial score (nSPS) is 18.7. The predicted molar refractivity (Wildman–Crippen MR) is 60.6 cm³/mol. The summed E-state index contributed by atoms with van der Waals surface area (Å²) in [5.41, 5.74) is 0.483. The average Bonchev–Trinajstić information content (AvgIpc) is 2.54. The van der Waals surface area contributed by atoms with Gasteiger partial charge in [0.2, 0.25) is 5.88 Å². The summed E-state index contributed by atoms with van der Waals surface area (Å²) in [5.74, 6) is 0.693. The van der Waals surface area contributed by atoms with Gasteiger partial charge in [0, 0.05) is 26.1 Å². The molecule has 1 aromatic rings. The van der Waals surface area contributed by atoms with Crippen molar-refractivity contribution in [1.82, 2.24) is 14.7 Å². The molecule has 6 heteroatoms. The van der Waals surface area contributed by atoms with Gasteiger partial charge in [-0.05, 0) is 22.4 Å². The minimum Gasteiger partial charge on any atom is -0.477 e. The molecule has 0 unspecified atom stereocenters. The van der Waals surface area contributed by atoms with Crippen LogP contribution in [0.5, 0.6) is 5.88 Å². The van der Waals surface area contributed by atoms with Gasteiger partial charge in [0.25, 0.3) is 5.91 Å². The van der Waals surface area contributed by atoms with Gasteiger partial charge in [-0.3, -0.25) is 4.79 Å². The molecule has 0 bridgehead atoms. The Morgan fingerprint density at radius 2 is 2.12 bits per heavy atom. The van der Waals surface area contributed by atoms with Gasteiger partial charge in [-0.1, -0.05) is 0 Å². The van der Waals surface area contributed by atoms with Crippen LogP contribution in [0, 0.1) is 0 Å². The van der Waals surface area contributed by atoms with Gasteiger partial charge in [-0.2, -0.15) is 5.10 Å². The first kappa shape index (κ1) is 10.1. The maximum Gasteiger partial charge on any atom is 0.275 e. The molecule has 0 aromatic carbocycles. The van der Waals surface area contributed by atoms with E-state index < -0.39 is 0 Å². The minimum absolute atomic E-state index is 0.00336. The number of aromatic nitrogens is 2. The molecule has 1 saturated heterocycles. The van der Waals surface area contributed by atoms with E-state index in [4.69, 9.17) is 4.74 Å². The summed E-state index contributed by atoms with van der Waals surface area (Å²) in [4.78, 5) is 13.8. The van der Waals surface area contributed by atoms with Crippen molar-refractivity contribution < 1.29 is 9.53 Å². The van der Waals surface area contributed by atoms with Crippen LogP contribution in [-0.2, 0) is 6.54 Å². The molecule has 0 radical (unpaired) electrons. The first-order valence-corrected chi connectivity index (χ1v) is 6.25. The van der Waals surface area contributed by atoms with Crippen LogP contribution in [0.1, 0.15) is 23.3 Å². The summed E-state index contributed by atoms with van der Waals surface area (Å²) in [6, 6.07) is 0. The van der Waals surface area contributed by atoms with Crippen molar-refractivity contribution in [3.63, 3.8) is 0 Å². The third-order valence-corrected chi connectivity index (χ3v) is 3.66. The number of aryl methyl sites for hydroxylation is 1. The van der Waals surface area contributed by atoms with Crippen molar-refractivity contribution in [3.8, 4) is 5.88 Å². The summed E-state index contributed by atoms with van der Waals surface area (Å²) in [6.07, 6.45) is 2.03. The van der Waals surface area contributed by atoms with E-state index in [0.29, 0.717) is 22.7 Å². The third-order valence-electron chi connectivity index (χ3n) is 2.95. The van der Waals surface area contributed by atoms with Crippen molar-refractivity contribution >= 4 is 21.8 Å². The maximum absolute atomic E-state index is 12.0. The standard InChI is InChI=1S/C10H12BrN3O2/c11-7-8(9(15)13-3-1-4-13)12-14-5-2-6-16-10(7)14/h1-6H2. The molecule has 3 heterocycles. The van der Waals surface area contributed by atoms with Gasteiger partial charge in [0.15, 0.2) is 5.69 Å². The fourth-order valence-corrected chi connectivity index (χ4v) is 2.47. The lowest BCUT2D eigenvalue weighted by atomic mass is 10.2. The molecule has 1 fully saturated rings. The first-order chi connectivity index (χ1) is 7.77. The van der Waals surface area contributed by atoms with Crippen molar-refractivity contribution in [1.29, 1.82) is 0 Å². The molecule has 1 aromatic heterocycles. The summed E-state index contributed by atoms with van der Waals surface area (Å²) in [7, 11) is 0. The topological polar surface area (TPSA) is 47.4 Å². The van der Waals surface area contributed by atoms with Gasteiger partial charge in [-0.15, -0.1) is 0 Å². The second-order valence-electron chi connectivity index (χ2n) is 4.04. The highest BCUT2D eigenvalue weighted by Crippen LogP contribution is 2.32. The summed E-state index contributed by atoms with van der Waals surface area (Å²) in [5, 5.41) is 4.31. The van der Waals surface area contributed by atoms with E-state index in [1.165, 1.54) is 0 Å². The number of hydrogen-bond donors (Lipinski definition) is 0. The summed E-state index contributed by atoms with van der Waals surface area (Å²) >= 11 is 3.40. The Kier molecular flexibility index (Phi) is 2.38. The van der Waals surface area contributed by atoms with E-state index in [0.717, 1.165) is 32.5 Å². The van der Waals surface area contributed by atoms with E-state index in [1.807, 2.05) is 0 Å². The largest absolute Gasteiger partial charge is 0.477 e. The second kappa shape index (κ2) is 3.76. The molecule has 0 spiro atoms. The minimum atomic E-state index is 0.00336. The smallest absolute Gasteiger partial charge is 0.275 e. The van der Waals surface area contributed by atoms with Gasteiger partial charge in [-0.25, -0.2) is 4.68 Å². The van der Waals surface area contributed by atoms with Crippen molar-refractivity contribution in [2.24, 2.45) is 0 Å². The first-order valence-electron chi connectivity index (χ1n) is 5.46. The summed E-state index contributed by atoms with van der Waals surface area (Å²) in [6.45, 7) is 3.20. The molecule has 0 aliphatic carbocycles. The van der Waals surface area contributed by atoms with E-state index in [2.05, 4.69) is 21.0 Å². The molecule has 5 nitrogen and oxygen atoms in total. The number of nitrogens with zero attached hydrogens (tertiary/aromatic N) is 3. The summed E-state index contributed by atoms with van der Waals surface area (Å²) < 4.78 is 7.96. The van der Waals surface area contributed by atoms with Gasteiger partial charge in [0.1, 0.15) is 4.47 Å². The number of carbonyl (C=O) groups is 1. The lowest BCUT2D eigenvalue weighted by Gasteiger charge is -2.30. The third kappa shape index (κ3) is 1.43. The van der Waals surface area contributed by atoms with Crippen molar-refractivity contribution in [3.05, 3.63) is 10.2 Å². The average molecular weight is 286 g/mol. The number of likely N-dealkylation sites (tertiary alicyclic amines) is 1. The Morgan fingerprint density at radius 1 is 1.31 bits per heavy atom. The number of carbonyl (C=O) groups excluding carboxylic acids is 1. The molecular weight excluding hydrogens is 274 g/mol. The number of rotatable bonds is 1. The van der Waals surface area contributed by atoms with E-state index in [1.54, 1.807) is 9.58 Å². The Labute approximate surface area is 101 Å². The highest BCUT2D eigenvalue weighted by atomic mass is 79.9. The maximum atomic E-state index is 12.0. The van der Waals surface area contributed by atoms with E-state index >= 15 is 0 Å². The number of ether oxygens (including phenoxy) is 1. The predicted octanol–water partition coefficient (Wildman–Crippen LogP) is 1.27. The van der Waals surface area contributed by atoms with Crippen LogP contribution in [0.2, 0.25) is 0 Å². The SMILES string of the molecule is O=C(c1nn2c(c1Br)OCCC2)N1CCC1. The molecule has 2 aliphatic heterocycles. The number of halogens is 1. The highest BCUT2D eigenvalue weighted by Gasteiger charge is 2.29. The van der Waals surface area contributed by atoms with Gasteiger partial charge >= 0.3 is 0 Å². The second-order valence-corrected chi connectivity index (χ2v) is 4.83. The quantitative estimate of drug-likeness (QED) is 0.781. The van der Waals surface area contributed by atoms with Crippen LogP contribution in [0.15, 0.2) is 4.47 Å². The Balaban J connectivity index is 1.94. The fraction of sp³-hybridized carbons (Fsp3) is 0.600. The Bertz CT molecular complexity index is 440. The number of fused-ring (bicyclic) bond motifs is 1. The molecule has 0 atom stereocenters. The number of amides is 1. The molecule has 1 amide bonds. The van der Waals surface area contributed by atoms with Crippen LogP contribution < -0.4 is 4.74 Å². The van der Waals surface area contributed by atoms with Crippen LogP contribution in [-0.4, -0.2) is 40.3 Å². The van der Waals surface area contributed by atoms with Crippen LogP contribution >= 0.6 is 15.9 Å². The zero-order valence-electron chi connectivity index (χ0n) is 8.78. The molecule has 3 rings (SSSR count). The monoisotopic (exact) mass is 285 g/mol. The van der Waals surface area contributed by atoms with Crippen molar-refractivity contribution in [2.45, 2.75) is 19.4 Å². The van der Waals surface area contributed by atoms with Crippen LogP contribution in [0.4, 0.5) is 0 Å². The zero-order valence-corrected chi connectivity index (χ0v) is 10.4. The highest BCUT2D eigenvalue weighted by molar-refractivity contribution is 9.10. The van der Waals surface area contributed by atoms with Crippen LogP contribution in [0.25, 0.3) is 0 Å². The molecule has 2 aliphatic rings. The number of hydrogen-bond acceptors (Lipinski definition) is 3. The van der Waals surface area contributed by atoms with E-state index in [-0.39, 0.29) is 5.91 Å². The van der Waals surface area contributed by atoms with Gasteiger partial charge in [0.05, 0.1) is 6.61 Å². The molecule has 16 heavy (non-hydrogen) atoms. The lowest BCUT2D eigenvalue weighted by molar-refractivity contribution is 0.0643.